The summed E-state index contributed by atoms with van der Waals surface area (Å²) in [4.78, 5) is 13.3. The first-order chi connectivity index (χ1) is 12.4. The highest BCUT2D eigenvalue weighted by molar-refractivity contribution is 6.11. The van der Waals surface area contributed by atoms with Crippen LogP contribution in [0.15, 0.2) is 30.3 Å². The van der Waals surface area contributed by atoms with Gasteiger partial charge in [-0.25, -0.2) is 0 Å². The van der Waals surface area contributed by atoms with Gasteiger partial charge >= 0.3 is 0 Å². The molecule has 0 radical (unpaired) electrons. The van der Waals surface area contributed by atoms with Crippen LogP contribution in [-0.4, -0.2) is 25.1 Å². The number of methoxy groups -OCH3 is 2. The van der Waals surface area contributed by atoms with Crippen molar-refractivity contribution in [2.24, 2.45) is 0 Å². The molecule has 0 spiro atoms. The van der Waals surface area contributed by atoms with Gasteiger partial charge in [-0.05, 0) is 34.6 Å². The second kappa shape index (κ2) is 7.26. The van der Waals surface area contributed by atoms with Crippen LogP contribution < -0.4 is 9.47 Å². The highest BCUT2D eigenvalue weighted by atomic mass is 16.5. The summed E-state index contributed by atoms with van der Waals surface area (Å²) in [6, 6.07) is 8.82. The molecule has 0 saturated heterocycles. The Kier molecular flexibility index (Phi) is 5.60. The molecule has 2 aromatic carbocycles. The van der Waals surface area contributed by atoms with E-state index in [1.807, 2.05) is 26.8 Å². The number of carbonyl (C=O) groups is 1. The summed E-state index contributed by atoms with van der Waals surface area (Å²) < 4.78 is 10.5. The highest BCUT2D eigenvalue weighted by Gasteiger charge is 2.28. The molecule has 4 heteroatoms. The van der Waals surface area contributed by atoms with E-state index < -0.39 is 0 Å². The van der Waals surface area contributed by atoms with Gasteiger partial charge in [0, 0.05) is 17.2 Å². The Bertz CT molecular complexity index is 830. The largest absolute Gasteiger partial charge is 0.507 e. The Labute approximate surface area is 162 Å². The molecule has 146 valence electrons. The maximum absolute atomic E-state index is 13.3. The molecular weight excluding hydrogens is 340 g/mol. The maximum atomic E-state index is 13.3. The molecule has 2 rings (SSSR count). The first-order valence-corrected chi connectivity index (χ1v) is 9.04. The van der Waals surface area contributed by atoms with Crippen LogP contribution in [0.5, 0.6) is 17.2 Å². The number of rotatable bonds is 4. The van der Waals surface area contributed by atoms with Gasteiger partial charge in [0.25, 0.3) is 0 Å². The van der Waals surface area contributed by atoms with Crippen LogP contribution in [0.4, 0.5) is 0 Å². The van der Waals surface area contributed by atoms with Gasteiger partial charge in [0.15, 0.2) is 5.78 Å². The summed E-state index contributed by atoms with van der Waals surface area (Å²) in [6.45, 7) is 12.4. The number of carbonyl (C=O) groups excluding carboxylic acids is 1. The molecule has 4 nitrogen and oxygen atoms in total. The molecule has 2 aromatic rings. The number of benzene rings is 2. The lowest BCUT2D eigenvalue weighted by atomic mass is 9.78. The van der Waals surface area contributed by atoms with Crippen molar-refractivity contribution in [3.63, 3.8) is 0 Å². The van der Waals surface area contributed by atoms with Gasteiger partial charge in [-0.15, -0.1) is 0 Å². The van der Waals surface area contributed by atoms with E-state index in [4.69, 9.17) is 9.47 Å². The van der Waals surface area contributed by atoms with Crippen LogP contribution in [-0.2, 0) is 10.8 Å². The van der Waals surface area contributed by atoms with Gasteiger partial charge in [-0.3, -0.25) is 4.79 Å². The number of hydrogen-bond acceptors (Lipinski definition) is 4. The van der Waals surface area contributed by atoms with E-state index in [2.05, 4.69) is 20.8 Å². The fourth-order valence-corrected chi connectivity index (χ4v) is 2.91. The summed E-state index contributed by atoms with van der Waals surface area (Å²) >= 11 is 0. The lowest BCUT2D eigenvalue weighted by Gasteiger charge is -2.27. The van der Waals surface area contributed by atoms with Crippen molar-refractivity contribution < 1.29 is 19.4 Å². The number of ketones is 1. The zero-order chi connectivity index (χ0) is 20.6. The molecule has 0 atom stereocenters. The van der Waals surface area contributed by atoms with Crippen molar-refractivity contribution >= 4 is 5.78 Å². The van der Waals surface area contributed by atoms with Crippen molar-refractivity contribution in [2.45, 2.75) is 52.4 Å². The van der Waals surface area contributed by atoms with Crippen LogP contribution in [0.2, 0.25) is 0 Å². The average molecular weight is 370 g/mol. The maximum Gasteiger partial charge on any atom is 0.197 e. The number of hydrogen-bond donors (Lipinski definition) is 1. The molecule has 0 amide bonds. The summed E-state index contributed by atoms with van der Waals surface area (Å²) in [7, 11) is 3.08. The van der Waals surface area contributed by atoms with Gasteiger partial charge in [0.05, 0.1) is 19.8 Å². The zero-order valence-corrected chi connectivity index (χ0v) is 17.6. The fraction of sp³-hybridized carbons (Fsp3) is 0.435. The molecule has 0 aliphatic rings. The van der Waals surface area contributed by atoms with Crippen molar-refractivity contribution in [3.05, 3.63) is 52.6 Å². The average Bonchev–Trinajstić information content (AvgIpc) is 2.58. The Morgan fingerprint density at radius 2 is 1.33 bits per heavy atom. The predicted octanol–water partition coefficient (Wildman–Crippen LogP) is 5.24. The van der Waals surface area contributed by atoms with Gasteiger partial charge in [0.1, 0.15) is 17.2 Å². The normalized spacial score (nSPS) is 12.0. The lowest BCUT2D eigenvalue weighted by Crippen LogP contribution is -2.19. The van der Waals surface area contributed by atoms with E-state index in [9.17, 15) is 9.90 Å². The molecule has 0 aliphatic carbocycles. The minimum absolute atomic E-state index is 0.0299. The number of phenolic OH excluding ortho intramolecular Hbond substituents is 1. The van der Waals surface area contributed by atoms with E-state index in [1.165, 1.54) is 0 Å². The van der Waals surface area contributed by atoms with Gasteiger partial charge < -0.3 is 14.6 Å². The third-order valence-electron chi connectivity index (χ3n) is 4.64. The third kappa shape index (κ3) is 4.44. The summed E-state index contributed by atoms with van der Waals surface area (Å²) in [5, 5.41) is 10.9. The quantitative estimate of drug-likeness (QED) is 0.748. The standard InChI is InChI=1S/C23H30O4/c1-22(2,3)15-11-18(21(25)19(12-15)23(4,5)6)20(24)14-9-16(26-7)13-17(10-14)27-8/h9-13,25H,1-8H3. The van der Waals surface area contributed by atoms with Crippen LogP contribution >= 0.6 is 0 Å². The lowest BCUT2D eigenvalue weighted by molar-refractivity contribution is 0.103. The Hall–Kier alpha value is -2.49. The minimum Gasteiger partial charge on any atom is -0.507 e. The van der Waals surface area contributed by atoms with Crippen LogP contribution in [0, 0.1) is 0 Å². The predicted molar refractivity (Wildman–Crippen MR) is 108 cm³/mol. The molecule has 27 heavy (non-hydrogen) atoms. The van der Waals surface area contributed by atoms with Crippen LogP contribution in [0.1, 0.15) is 68.6 Å². The summed E-state index contributed by atoms with van der Waals surface area (Å²) in [6.07, 6.45) is 0. The first kappa shape index (κ1) is 20.8. The molecular formula is C23H30O4. The zero-order valence-electron chi connectivity index (χ0n) is 17.6. The van der Waals surface area contributed by atoms with Crippen molar-refractivity contribution in [2.75, 3.05) is 14.2 Å². The Balaban J connectivity index is 2.72. The van der Waals surface area contributed by atoms with Crippen molar-refractivity contribution in [1.29, 1.82) is 0 Å². The topological polar surface area (TPSA) is 55.8 Å². The van der Waals surface area contributed by atoms with Gasteiger partial charge in [-0.2, -0.15) is 0 Å². The molecule has 0 bridgehead atoms. The van der Waals surface area contributed by atoms with E-state index >= 15 is 0 Å². The van der Waals surface area contributed by atoms with E-state index in [0.717, 1.165) is 11.1 Å². The van der Waals surface area contributed by atoms with Crippen molar-refractivity contribution in [1.82, 2.24) is 0 Å². The highest BCUT2D eigenvalue weighted by Crippen LogP contribution is 2.39. The second-order valence-electron chi connectivity index (χ2n) is 8.85. The second-order valence-corrected chi connectivity index (χ2v) is 8.85. The molecule has 0 unspecified atom stereocenters. The Morgan fingerprint density at radius 3 is 1.74 bits per heavy atom. The molecule has 0 heterocycles. The minimum atomic E-state index is -0.299. The monoisotopic (exact) mass is 370 g/mol. The molecule has 0 saturated carbocycles. The van der Waals surface area contributed by atoms with Crippen LogP contribution in [0.25, 0.3) is 0 Å². The van der Waals surface area contributed by atoms with Crippen LogP contribution in [0.3, 0.4) is 0 Å². The number of aromatic hydroxyl groups is 1. The van der Waals surface area contributed by atoms with Gasteiger partial charge in [-0.1, -0.05) is 47.6 Å². The third-order valence-corrected chi connectivity index (χ3v) is 4.64. The molecule has 0 aromatic heterocycles. The molecule has 0 fully saturated rings. The van der Waals surface area contributed by atoms with Crippen molar-refractivity contribution in [3.8, 4) is 17.2 Å². The van der Waals surface area contributed by atoms with E-state index in [1.54, 1.807) is 38.5 Å². The summed E-state index contributed by atoms with van der Waals surface area (Å²) in [5.41, 5.74) is 2.01. The first-order valence-electron chi connectivity index (χ1n) is 9.04. The SMILES string of the molecule is COc1cc(OC)cc(C(=O)c2cc(C(C)(C)C)cc(C(C)(C)C)c2O)c1. The van der Waals surface area contributed by atoms with E-state index in [-0.39, 0.29) is 22.4 Å². The smallest absolute Gasteiger partial charge is 0.197 e. The molecule has 1 N–H and O–H groups in total. The van der Waals surface area contributed by atoms with E-state index in [0.29, 0.717) is 22.6 Å². The number of ether oxygens (including phenoxy) is 2. The fourth-order valence-electron chi connectivity index (χ4n) is 2.91. The molecule has 0 aliphatic heterocycles. The summed E-state index contributed by atoms with van der Waals surface area (Å²) in [5.74, 6) is 0.823. The Morgan fingerprint density at radius 1 is 0.815 bits per heavy atom. The number of phenols is 1. The van der Waals surface area contributed by atoms with Gasteiger partial charge in [0.2, 0.25) is 0 Å².